The van der Waals surface area contributed by atoms with E-state index in [1.807, 2.05) is 0 Å². The van der Waals surface area contributed by atoms with E-state index in [2.05, 4.69) is 98.4 Å². The maximum absolute atomic E-state index is 5.18. The second kappa shape index (κ2) is 29.1. The number of hydrogen-bond donors (Lipinski definition) is 0. The van der Waals surface area contributed by atoms with Gasteiger partial charge in [0.15, 0.2) is 0 Å². The first kappa shape index (κ1) is 44.0. The molecule has 0 saturated carbocycles. The van der Waals surface area contributed by atoms with Crippen LogP contribution in [-0.2, 0) is 18.4 Å². The summed E-state index contributed by atoms with van der Waals surface area (Å²) in [5.74, 6) is 1.69. The van der Waals surface area contributed by atoms with Gasteiger partial charge in [0.05, 0.1) is 0 Å². The third-order valence-electron chi connectivity index (χ3n) is 12.0. The number of rotatable bonds is 34. The van der Waals surface area contributed by atoms with Crippen LogP contribution in [-0.4, -0.2) is 9.55 Å². The Labute approximate surface area is 323 Å². The van der Waals surface area contributed by atoms with Gasteiger partial charge in [-0.2, -0.15) is 0 Å². The molecular formula is C50H82N2. The lowest BCUT2D eigenvalue weighted by Gasteiger charge is -2.39. The zero-order valence-corrected chi connectivity index (χ0v) is 34.6. The minimum atomic E-state index is -0.0295. The van der Waals surface area contributed by atoms with Crippen molar-refractivity contribution in [1.82, 2.24) is 9.55 Å². The van der Waals surface area contributed by atoms with Crippen LogP contribution in [0, 0.1) is 0 Å². The zero-order valence-electron chi connectivity index (χ0n) is 34.6. The van der Waals surface area contributed by atoms with Crippen LogP contribution in [0.1, 0.15) is 223 Å². The average molecular weight is 711 g/mol. The Hall–Kier alpha value is -2.35. The number of nitrogens with zero attached hydrogens (tertiary/aromatic N) is 2. The summed E-state index contributed by atoms with van der Waals surface area (Å²) in [4.78, 5) is 5.18. The number of imidazole rings is 1. The lowest BCUT2D eigenvalue weighted by Crippen LogP contribution is -2.35. The molecule has 0 aliphatic carbocycles. The van der Waals surface area contributed by atoms with Gasteiger partial charge >= 0.3 is 0 Å². The minimum absolute atomic E-state index is 0.0295. The topological polar surface area (TPSA) is 17.8 Å². The lowest BCUT2D eigenvalue weighted by atomic mass is 9.66. The highest BCUT2D eigenvalue weighted by molar-refractivity contribution is 5.33. The van der Waals surface area contributed by atoms with Gasteiger partial charge in [0.25, 0.3) is 0 Å². The fourth-order valence-electron chi connectivity index (χ4n) is 8.66. The van der Waals surface area contributed by atoms with E-state index in [4.69, 9.17) is 4.98 Å². The van der Waals surface area contributed by atoms with E-state index >= 15 is 0 Å². The number of hydrogen-bond acceptors (Lipinski definition) is 1. The Morgan fingerprint density at radius 3 is 1.37 bits per heavy atom. The maximum Gasteiger partial charge on any atom is 0.112 e. The van der Waals surface area contributed by atoms with E-state index in [-0.39, 0.29) is 5.41 Å². The SMILES string of the molecule is CCCCCCCCCCCCCCCCC(c1nccn1CCCCCCCCCCCCCCC)C(C)(Cc1ccccc1)c1ccccc1. The van der Waals surface area contributed by atoms with Crippen LogP contribution in [0.5, 0.6) is 0 Å². The molecule has 2 aromatic carbocycles. The van der Waals surface area contributed by atoms with Crippen molar-refractivity contribution >= 4 is 0 Å². The normalized spacial score (nSPS) is 13.4. The second-order valence-corrected chi connectivity index (χ2v) is 16.6. The predicted molar refractivity (Wildman–Crippen MR) is 230 cm³/mol. The molecule has 0 amide bonds. The Morgan fingerprint density at radius 2 is 0.904 bits per heavy atom. The summed E-state index contributed by atoms with van der Waals surface area (Å²) in [5.41, 5.74) is 2.84. The first-order valence-electron chi connectivity index (χ1n) is 22.8. The smallest absolute Gasteiger partial charge is 0.112 e. The van der Waals surface area contributed by atoms with Crippen molar-refractivity contribution in [2.75, 3.05) is 0 Å². The van der Waals surface area contributed by atoms with Gasteiger partial charge in [-0.1, -0.05) is 248 Å². The molecule has 0 bridgehead atoms. The van der Waals surface area contributed by atoms with Gasteiger partial charge < -0.3 is 4.57 Å². The van der Waals surface area contributed by atoms with Crippen LogP contribution < -0.4 is 0 Å². The summed E-state index contributed by atoms with van der Waals surface area (Å²) >= 11 is 0. The van der Waals surface area contributed by atoms with E-state index in [0.29, 0.717) is 5.92 Å². The van der Waals surface area contributed by atoms with Gasteiger partial charge in [0.2, 0.25) is 0 Å². The number of benzene rings is 2. The van der Waals surface area contributed by atoms with Crippen molar-refractivity contribution in [2.45, 2.75) is 225 Å². The number of aryl methyl sites for hydroxylation is 1. The molecule has 0 fully saturated rings. The highest BCUT2D eigenvalue weighted by atomic mass is 15.1. The van der Waals surface area contributed by atoms with E-state index in [0.717, 1.165) is 13.0 Å². The van der Waals surface area contributed by atoms with Gasteiger partial charge in [0, 0.05) is 30.3 Å². The van der Waals surface area contributed by atoms with Crippen LogP contribution in [0.4, 0.5) is 0 Å². The molecule has 2 nitrogen and oxygen atoms in total. The first-order chi connectivity index (χ1) is 25.7. The molecule has 0 aliphatic rings. The van der Waals surface area contributed by atoms with Gasteiger partial charge in [-0.25, -0.2) is 4.98 Å². The molecule has 2 heteroatoms. The van der Waals surface area contributed by atoms with E-state index in [1.54, 1.807) is 0 Å². The van der Waals surface area contributed by atoms with Gasteiger partial charge in [0.1, 0.15) is 5.82 Å². The molecule has 2 atom stereocenters. The third kappa shape index (κ3) is 18.1. The molecule has 52 heavy (non-hydrogen) atoms. The first-order valence-corrected chi connectivity index (χ1v) is 22.8. The van der Waals surface area contributed by atoms with Crippen molar-refractivity contribution in [2.24, 2.45) is 0 Å². The quantitative estimate of drug-likeness (QED) is 0.0564. The molecule has 0 saturated heterocycles. The van der Waals surface area contributed by atoms with Gasteiger partial charge in [-0.05, 0) is 30.4 Å². The van der Waals surface area contributed by atoms with E-state index < -0.39 is 0 Å². The Bertz CT molecular complexity index is 1200. The Morgan fingerprint density at radius 1 is 0.500 bits per heavy atom. The Balaban J connectivity index is 1.52. The van der Waals surface area contributed by atoms with Gasteiger partial charge in [-0.15, -0.1) is 0 Å². The van der Waals surface area contributed by atoms with Crippen LogP contribution in [0.3, 0.4) is 0 Å². The molecule has 3 aromatic rings. The molecule has 0 N–H and O–H groups in total. The lowest BCUT2D eigenvalue weighted by molar-refractivity contribution is 0.321. The van der Waals surface area contributed by atoms with Crippen LogP contribution in [0.2, 0.25) is 0 Å². The number of unbranched alkanes of at least 4 members (excludes halogenated alkanes) is 25. The fourth-order valence-corrected chi connectivity index (χ4v) is 8.66. The van der Waals surface area contributed by atoms with Crippen molar-refractivity contribution in [3.05, 3.63) is 90.0 Å². The predicted octanol–water partition coefficient (Wildman–Crippen LogP) is 16.1. The molecule has 1 heterocycles. The zero-order chi connectivity index (χ0) is 36.8. The van der Waals surface area contributed by atoms with E-state index in [1.165, 1.54) is 197 Å². The standard InChI is InChI=1S/C50H82N2/c1-4-6-8-10-12-14-16-18-19-21-23-25-27-35-41-48(50(3,47-39-33-30-34-40-47)45-46-37-31-29-32-38-46)49-51-42-44-52(49)43-36-28-26-24-22-20-17-15-13-11-9-7-5-2/h29-34,37-40,42,44,48H,4-28,35-36,41,43,45H2,1-3H3. The fraction of sp³-hybridized carbons (Fsp3) is 0.700. The highest BCUT2D eigenvalue weighted by Crippen LogP contribution is 2.44. The third-order valence-corrected chi connectivity index (χ3v) is 12.0. The minimum Gasteiger partial charge on any atom is -0.335 e. The summed E-state index contributed by atoms with van der Waals surface area (Å²) in [6.07, 6.45) is 44.5. The summed E-state index contributed by atoms with van der Waals surface area (Å²) in [7, 11) is 0. The van der Waals surface area contributed by atoms with Gasteiger partial charge in [-0.3, -0.25) is 0 Å². The monoisotopic (exact) mass is 711 g/mol. The molecule has 1 aromatic heterocycles. The molecule has 0 spiro atoms. The summed E-state index contributed by atoms with van der Waals surface area (Å²) < 4.78 is 2.54. The largest absolute Gasteiger partial charge is 0.335 e. The summed E-state index contributed by atoms with van der Waals surface area (Å²) in [5, 5.41) is 0. The van der Waals surface area contributed by atoms with Crippen molar-refractivity contribution in [3.63, 3.8) is 0 Å². The highest BCUT2D eigenvalue weighted by Gasteiger charge is 2.39. The van der Waals surface area contributed by atoms with Crippen LogP contribution in [0.25, 0.3) is 0 Å². The van der Waals surface area contributed by atoms with Crippen LogP contribution in [0.15, 0.2) is 73.1 Å². The Kier molecular flexibility index (Phi) is 24.6. The summed E-state index contributed by atoms with van der Waals surface area (Å²) in [6.45, 7) is 8.25. The molecule has 292 valence electrons. The average Bonchev–Trinajstić information content (AvgIpc) is 3.63. The molecule has 0 aliphatic heterocycles. The van der Waals surface area contributed by atoms with Crippen LogP contribution >= 0.6 is 0 Å². The van der Waals surface area contributed by atoms with Crippen molar-refractivity contribution in [3.8, 4) is 0 Å². The van der Waals surface area contributed by atoms with E-state index in [9.17, 15) is 0 Å². The van der Waals surface area contributed by atoms with Crippen molar-refractivity contribution in [1.29, 1.82) is 0 Å². The molecule has 2 unspecified atom stereocenters. The molecular weight excluding hydrogens is 629 g/mol. The molecule has 3 rings (SSSR count). The number of aromatic nitrogens is 2. The summed E-state index contributed by atoms with van der Waals surface area (Å²) in [6, 6.07) is 22.6. The van der Waals surface area contributed by atoms with Crippen molar-refractivity contribution < 1.29 is 0 Å². The maximum atomic E-state index is 5.18. The second-order valence-electron chi connectivity index (χ2n) is 16.6. The molecule has 0 radical (unpaired) electrons.